The number of nitriles is 1. The van der Waals surface area contributed by atoms with E-state index < -0.39 is 12.2 Å². The van der Waals surface area contributed by atoms with Crippen LogP contribution in [0.25, 0.3) is 11.3 Å². The van der Waals surface area contributed by atoms with E-state index in [0.29, 0.717) is 38.2 Å². The van der Waals surface area contributed by atoms with E-state index in [0.717, 1.165) is 58.0 Å². The van der Waals surface area contributed by atoms with Crippen molar-refractivity contribution in [3.8, 4) is 17.3 Å². The molecular formula is C27H29IN6O3. The highest BCUT2D eigenvalue weighted by Crippen LogP contribution is 2.31. The molecule has 1 unspecified atom stereocenters. The summed E-state index contributed by atoms with van der Waals surface area (Å²) in [5.74, 6) is 0. The number of hydrogen-bond acceptors (Lipinski definition) is 6. The molecule has 0 saturated carbocycles. The van der Waals surface area contributed by atoms with Crippen molar-refractivity contribution >= 4 is 34.4 Å². The van der Waals surface area contributed by atoms with E-state index in [1.807, 2.05) is 53.2 Å². The summed E-state index contributed by atoms with van der Waals surface area (Å²) in [6, 6.07) is 18.0. The number of rotatable bonds is 6. The molecule has 3 heterocycles. The molecule has 1 amide bonds. The Morgan fingerprint density at radius 2 is 1.78 bits per heavy atom. The highest BCUT2D eigenvalue weighted by molar-refractivity contribution is 14.1. The zero-order valence-corrected chi connectivity index (χ0v) is 22.6. The van der Waals surface area contributed by atoms with Crippen molar-refractivity contribution in [1.82, 2.24) is 19.6 Å². The van der Waals surface area contributed by atoms with Gasteiger partial charge in [-0.25, -0.2) is 4.79 Å². The number of anilines is 1. The minimum atomic E-state index is -0.927. The van der Waals surface area contributed by atoms with Crippen LogP contribution in [-0.4, -0.2) is 81.3 Å². The lowest BCUT2D eigenvalue weighted by atomic mass is 10.0. The number of carboxylic acid groups (broad SMARTS) is 1. The fourth-order valence-corrected chi connectivity index (χ4v) is 5.58. The molecule has 2 aliphatic heterocycles. The highest BCUT2D eigenvalue weighted by Gasteiger charge is 2.29. The van der Waals surface area contributed by atoms with Crippen LogP contribution in [-0.2, 0) is 19.5 Å². The minimum Gasteiger partial charge on any atom is -0.465 e. The van der Waals surface area contributed by atoms with Crippen LogP contribution in [0.3, 0.4) is 0 Å². The fourth-order valence-electron chi connectivity index (χ4n) is 5.22. The second kappa shape index (κ2) is 11.1. The van der Waals surface area contributed by atoms with Crippen molar-refractivity contribution in [2.24, 2.45) is 0 Å². The summed E-state index contributed by atoms with van der Waals surface area (Å²) >= 11 is 2.26. The molecule has 0 aliphatic carbocycles. The zero-order chi connectivity index (χ0) is 25.9. The fraction of sp³-hybridized carbons (Fsp3) is 0.370. The van der Waals surface area contributed by atoms with Crippen molar-refractivity contribution in [3.05, 3.63) is 68.9 Å². The summed E-state index contributed by atoms with van der Waals surface area (Å²) in [5, 5.41) is 34.8. The molecule has 1 saturated heterocycles. The van der Waals surface area contributed by atoms with Gasteiger partial charge in [0.1, 0.15) is 6.07 Å². The standard InChI is InChI=1S/C27H29IN6O3/c28-21-7-5-19(6-8-21)26-23-18-33(27(36)37)10-9-25(23)34(30-26)17-22(35)16-31-11-13-32(14-12-31)24-4-2-1-3-20(24)15-29/h1-8,22,35H,9-14,16-18H2,(H,36,37). The predicted octanol–water partition coefficient (Wildman–Crippen LogP) is 3.25. The average molecular weight is 612 g/mol. The number of halogens is 1. The topological polar surface area (TPSA) is 109 Å². The smallest absolute Gasteiger partial charge is 0.407 e. The molecule has 10 heteroatoms. The molecule has 2 N–H and O–H groups in total. The second-order valence-electron chi connectivity index (χ2n) is 9.49. The number of piperazine rings is 1. The van der Waals surface area contributed by atoms with Gasteiger partial charge < -0.3 is 20.0 Å². The molecule has 192 valence electrons. The van der Waals surface area contributed by atoms with E-state index in [1.165, 1.54) is 4.90 Å². The average Bonchev–Trinajstić information content (AvgIpc) is 3.26. The summed E-state index contributed by atoms with van der Waals surface area (Å²) in [6.07, 6.45) is -0.963. The van der Waals surface area contributed by atoms with Crippen LogP contribution >= 0.6 is 22.6 Å². The lowest BCUT2D eigenvalue weighted by molar-refractivity contribution is 0.0906. The summed E-state index contributed by atoms with van der Waals surface area (Å²) < 4.78 is 3.00. The number of nitrogens with zero attached hydrogens (tertiary/aromatic N) is 6. The molecule has 2 aromatic carbocycles. The molecule has 2 aliphatic rings. The summed E-state index contributed by atoms with van der Waals surface area (Å²) in [5.41, 5.74) is 5.31. The normalized spacial score (nSPS) is 16.8. The minimum absolute atomic E-state index is 0.300. The van der Waals surface area contributed by atoms with Gasteiger partial charge in [0, 0.05) is 66.1 Å². The number of β-amino-alcohol motifs (C(OH)–C–C–N with tert-alkyl or cyclic N) is 1. The van der Waals surface area contributed by atoms with Crippen LogP contribution in [0.15, 0.2) is 48.5 Å². The number of benzene rings is 2. The second-order valence-corrected chi connectivity index (χ2v) is 10.7. The van der Waals surface area contributed by atoms with Crippen molar-refractivity contribution < 1.29 is 15.0 Å². The van der Waals surface area contributed by atoms with E-state index in [9.17, 15) is 20.3 Å². The number of fused-ring (bicyclic) bond motifs is 1. The van der Waals surface area contributed by atoms with Crippen LogP contribution in [0.5, 0.6) is 0 Å². The summed E-state index contributed by atoms with van der Waals surface area (Å²) in [7, 11) is 0. The highest BCUT2D eigenvalue weighted by atomic mass is 127. The van der Waals surface area contributed by atoms with Crippen LogP contribution in [0.2, 0.25) is 0 Å². The van der Waals surface area contributed by atoms with Gasteiger partial charge in [0.25, 0.3) is 0 Å². The van der Waals surface area contributed by atoms with E-state index in [1.54, 1.807) is 0 Å². The van der Waals surface area contributed by atoms with Crippen molar-refractivity contribution in [2.75, 3.05) is 44.2 Å². The summed E-state index contributed by atoms with van der Waals surface area (Å²) in [4.78, 5) is 17.5. The Kier molecular flexibility index (Phi) is 7.64. The Morgan fingerprint density at radius 3 is 2.49 bits per heavy atom. The number of aromatic nitrogens is 2. The third-order valence-electron chi connectivity index (χ3n) is 7.11. The van der Waals surface area contributed by atoms with Crippen LogP contribution in [0.1, 0.15) is 16.8 Å². The Bertz CT molecular complexity index is 1310. The van der Waals surface area contributed by atoms with Gasteiger partial charge in [0.05, 0.1) is 36.1 Å². The molecule has 3 aromatic rings. The quantitative estimate of drug-likeness (QED) is 0.412. The van der Waals surface area contributed by atoms with Gasteiger partial charge in [-0.15, -0.1) is 0 Å². The maximum atomic E-state index is 11.6. The Labute approximate surface area is 229 Å². The molecule has 1 atom stereocenters. The number of amides is 1. The SMILES string of the molecule is N#Cc1ccccc1N1CCN(CC(O)Cn2nc(-c3ccc(I)cc3)c3c2CCN(C(=O)O)C3)CC1. The number of carbonyl (C=O) groups is 1. The first-order chi connectivity index (χ1) is 17.9. The Morgan fingerprint density at radius 1 is 1.05 bits per heavy atom. The molecule has 37 heavy (non-hydrogen) atoms. The molecule has 0 spiro atoms. The number of aliphatic hydroxyl groups excluding tert-OH is 1. The molecule has 0 radical (unpaired) electrons. The molecule has 1 fully saturated rings. The zero-order valence-electron chi connectivity index (χ0n) is 20.4. The first kappa shape index (κ1) is 25.5. The van der Waals surface area contributed by atoms with Gasteiger partial charge in [-0.3, -0.25) is 9.58 Å². The maximum Gasteiger partial charge on any atom is 0.407 e. The van der Waals surface area contributed by atoms with Crippen molar-refractivity contribution in [3.63, 3.8) is 0 Å². The largest absolute Gasteiger partial charge is 0.465 e. The lowest BCUT2D eigenvalue weighted by Crippen LogP contribution is -2.49. The number of hydrogen-bond donors (Lipinski definition) is 2. The van der Waals surface area contributed by atoms with Crippen LogP contribution in [0.4, 0.5) is 10.5 Å². The Balaban J connectivity index is 1.27. The monoisotopic (exact) mass is 612 g/mol. The predicted molar refractivity (Wildman–Crippen MR) is 148 cm³/mol. The van der Waals surface area contributed by atoms with E-state index in [-0.39, 0.29) is 0 Å². The maximum absolute atomic E-state index is 11.6. The van der Waals surface area contributed by atoms with Gasteiger partial charge in [-0.1, -0.05) is 24.3 Å². The third kappa shape index (κ3) is 5.58. The molecule has 0 bridgehead atoms. The van der Waals surface area contributed by atoms with Gasteiger partial charge in [-0.05, 0) is 46.9 Å². The number of para-hydroxylation sites is 1. The van der Waals surface area contributed by atoms with E-state index in [4.69, 9.17) is 5.10 Å². The van der Waals surface area contributed by atoms with Gasteiger partial charge in [0.15, 0.2) is 0 Å². The van der Waals surface area contributed by atoms with Gasteiger partial charge in [0.2, 0.25) is 0 Å². The summed E-state index contributed by atoms with van der Waals surface area (Å²) in [6.45, 7) is 4.80. The van der Waals surface area contributed by atoms with E-state index >= 15 is 0 Å². The number of aliphatic hydroxyl groups is 1. The Hall–Kier alpha value is -3.14. The molecule has 5 rings (SSSR count). The molecule has 1 aromatic heterocycles. The first-order valence-corrected chi connectivity index (χ1v) is 13.5. The van der Waals surface area contributed by atoms with E-state index in [2.05, 4.69) is 38.5 Å². The van der Waals surface area contributed by atoms with Gasteiger partial charge in [-0.2, -0.15) is 10.4 Å². The van der Waals surface area contributed by atoms with Crippen LogP contribution < -0.4 is 4.90 Å². The van der Waals surface area contributed by atoms with Crippen molar-refractivity contribution in [2.45, 2.75) is 25.6 Å². The van der Waals surface area contributed by atoms with Gasteiger partial charge >= 0.3 is 6.09 Å². The van der Waals surface area contributed by atoms with Crippen molar-refractivity contribution in [1.29, 1.82) is 5.26 Å². The third-order valence-corrected chi connectivity index (χ3v) is 7.83. The first-order valence-electron chi connectivity index (χ1n) is 12.4. The molecule has 9 nitrogen and oxygen atoms in total. The lowest BCUT2D eigenvalue weighted by Gasteiger charge is -2.37. The molecular weight excluding hydrogens is 583 g/mol. The van der Waals surface area contributed by atoms with Crippen LogP contribution in [0, 0.1) is 14.9 Å².